The number of nitrogen functional groups attached to an aromatic ring is 1. The predicted molar refractivity (Wildman–Crippen MR) is 64.6 cm³/mol. The second-order valence-corrected chi connectivity index (χ2v) is 4.61. The lowest BCUT2D eigenvalue weighted by Gasteiger charge is -2.29. The van der Waals surface area contributed by atoms with Gasteiger partial charge in [-0.25, -0.2) is 0 Å². The molecule has 0 saturated carbocycles. The number of benzene rings is 1. The molecule has 0 amide bonds. The van der Waals surface area contributed by atoms with Gasteiger partial charge in [-0.1, -0.05) is 0 Å². The second kappa shape index (κ2) is 4.22. The van der Waals surface area contributed by atoms with E-state index in [9.17, 15) is 0 Å². The van der Waals surface area contributed by atoms with Crippen molar-refractivity contribution in [3.8, 4) is 0 Å². The summed E-state index contributed by atoms with van der Waals surface area (Å²) in [5, 5.41) is 0. The van der Waals surface area contributed by atoms with Crippen molar-refractivity contribution < 1.29 is 0 Å². The van der Waals surface area contributed by atoms with Gasteiger partial charge >= 0.3 is 0 Å². The largest absolute Gasteiger partial charge is 0.398 e. The Balaban J connectivity index is 2.18. The standard InChI is InChI=1S/C11H15BrN2/c12-10-5-4-9(8-11(10)13)14-6-2-1-3-7-14/h4-5,8H,1-3,6-7,13H2. The number of hydrogen-bond donors (Lipinski definition) is 1. The van der Waals surface area contributed by atoms with Crippen LogP contribution in [-0.2, 0) is 0 Å². The Morgan fingerprint density at radius 2 is 1.86 bits per heavy atom. The minimum atomic E-state index is 0.827. The topological polar surface area (TPSA) is 29.3 Å². The molecule has 2 rings (SSSR count). The lowest BCUT2D eigenvalue weighted by Crippen LogP contribution is -2.29. The van der Waals surface area contributed by atoms with Crippen LogP contribution in [0, 0.1) is 0 Å². The van der Waals surface area contributed by atoms with Gasteiger partial charge in [-0.05, 0) is 53.4 Å². The average molecular weight is 255 g/mol. The summed E-state index contributed by atoms with van der Waals surface area (Å²) in [6.07, 6.45) is 3.97. The number of hydrogen-bond acceptors (Lipinski definition) is 2. The molecule has 2 nitrogen and oxygen atoms in total. The highest BCUT2D eigenvalue weighted by atomic mass is 79.9. The van der Waals surface area contributed by atoms with Crippen molar-refractivity contribution in [3.63, 3.8) is 0 Å². The Bertz CT molecular complexity index is 319. The van der Waals surface area contributed by atoms with Gasteiger partial charge in [0.2, 0.25) is 0 Å². The fraction of sp³-hybridized carbons (Fsp3) is 0.455. The summed E-state index contributed by atoms with van der Waals surface area (Å²) in [6.45, 7) is 2.34. The molecule has 1 aliphatic rings. The van der Waals surface area contributed by atoms with Crippen molar-refractivity contribution in [1.82, 2.24) is 0 Å². The maximum atomic E-state index is 5.85. The number of anilines is 2. The lowest BCUT2D eigenvalue weighted by atomic mass is 10.1. The number of nitrogens with two attached hydrogens (primary N) is 1. The SMILES string of the molecule is Nc1cc(N2CCCCC2)ccc1Br. The van der Waals surface area contributed by atoms with E-state index in [1.165, 1.54) is 38.0 Å². The van der Waals surface area contributed by atoms with Gasteiger partial charge in [-0.2, -0.15) is 0 Å². The van der Waals surface area contributed by atoms with Gasteiger partial charge in [0.15, 0.2) is 0 Å². The zero-order valence-electron chi connectivity index (χ0n) is 8.17. The van der Waals surface area contributed by atoms with Crippen LogP contribution in [0.3, 0.4) is 0 Å². The van der Waals surface area contributed by atoms with Crippen molar-refractivity contribution in [2.75, 3.05) is 23.7 Å². The molecule has 14 heavy (non-hydrogen) atoms. The molecule has 0 spiro atoms. The van der Waals surface area contributed by atoms with Crippen LogP contribution in [0.25, 0.3) is 0 Å². The molecule has 0 unspecified atom stereocenters. The maximum absolute atomic E-state index is 5.85. The van der Waals surface area contributed by atoms with Crippen LogP contribution in [0.4, 0.5) is 11.4 Å². The highest BCUT2D eigenvalue weighted by Crippen LogP contribution is 2.27. The minimum absolute atomic E-state index is 0.827. The summed E-state index contributed by atoms with van der Waals surface area (Å²) in [5.74, 6) is 0. The van der Waals surface area contributed by atoms with Gasteiger partial charge in [0, 0.05) is 28.9 Å². The summed E-state index contributed by atoms with van der Waals surface area (Å²) >= 11 is 3.41. The van der Waals surface area contributed by atoms with E-state index in [0.29, 0.717) is 0 Å². The van der Waals surface area contributed by atoms with Gasteiger partial charge in [-0.15, -0.1) is 0 Å². The molecule has 1 fully saturated rings. The van der Waals surface area contributed by atoms with Crippen LogP contribution < -0.4 is 10.6 Å². The van der Waals surface area contributed by atoms with Crippen molar-refractivity contribution in [2.45, 2.75) is 19.3 Å². The fourth-order valence-electron chi connectivity index (χ4n) is 1.88. The molecule has 0 aliphatic carbocycles. The monoisotopic (exact) mass is 254 g/mol. The van der Waals surface area contributed by atoms with Gasteiger partial charge in [0.25, 0.3) is 0 Å². The van der Waals surface area contributed by atoms with E-state index >= 15 is 0 Å². The van der Waals surface area contributed by atoms with E-state index in [1.807, 2.05) is 6.07 Å². The van der Waals surface area contributed by atoms with Gasteiger partial charge in [-0.3, -0.25) is 0 Å². The molecule has 0 bridgehead atoms. The Kier molecular flexibility index (Phi) is 2.96. The van der Waals surface area contributed by atoms with Crippen LogP contribution in [0.2, 0.25) is 0 Å². The normalized spacial score (nSPS) is 17.1. The van der Waals surface area contributed by atoms with Crippen molar-refractivity contribution >= 4 is 27.3 Å². The highest BCUT2D eigenvalue weighted by Gasteiger charge is 2.11. The summed E-state index contributed by atoms with van der Waals surface area (Å²) < 4.78 is 0.984. The summed E-state index contributed by atoms with van der Waals surface area (Å²) in [5.41, 5.74) is 7.94. The molecule has 0 atom stereocenters. The van der Waals surface area contributed by atoms with E-state index in [-0.39, 0.29) is 0 Å². The molecular formula is C11H15BrN2. The van der Waals surface area contributed by atoms with E-state index in [2.05, 4.69) is 33.0 Å². The van der Waals surface area contributed by atoms with Gasteiger partial charge in [0.05, 0.1) is 0 Å². The molecule has 1 aromatic rings. The van der Waals surface area contributed by atoms with Crippen molar-refractivity contribution in [1.29, 1.82) is 0 Å². The van der Waals surface area contributed by atoms with Gasteiger partial charge < -0.3 is 10.6 Å². The minimum Gasteiger partial charge on any atom is -0.398 e. The summed E-state index contributed by atoms with van der Waals surface area (Å²) in [7, 11) is 0. The van der Waals surface area contributed by atoms with Crippen LogP contribution in [0.1, 0.15) is 19.3 Å². The molecule has 1 heterocycles. The molecule has 1 aromatic carbocycles. The van der Waals surface area contributed by atoms with Crippen LogP contribution >= 0.6 is 15.9 Å². The number of nitrogens with zero attached hydrogens (tertiary/aromatic N) is 1. The molecule has 1 aliphatic heterocycles. The smallest absolute Gasteiger partial charge is 0.0479 e. The second-order valence-electron chi connectivity index (χ2n) is 3.75. The summed E-state index contributed by atoms with van der Waals surface area (Å²) in [4.78, 5) is 2.41. The van der Waals surface area contributed by atoms with E-state index in [4.69, 9.17) is 5.73 Å². The zero-order valence-corrected chi connectivity index (χ0v) is 9.76. The zero-order chi connectivity index (χ0) is 9.97. The average Bonchev–Trinajstić information content (AvgIpc) is 2.23. The first-order chi connectivity index (χ1) is 6.77. The third kappa shape index (κ3) is 2.03. The quantitative estimate of drug-likeness (QED) is 0.781. The molecule has 1 saturated heterocycles. The van der Waals surface area contributed by atoms with E-state index in [1.54, 1.807) is 0 Å². The van der Waals surface area contributed by atoms with Crippen LogP contribution in [0.5, 0.6) is 0 Å². The van der Waals surface area contributed by atoms with E-state index in [0.717, 1.165) is 10.2 Å². The molecule has 3 heteroatoms. The Morgan fingerprint density at radius 1 is 1.14 bits per heavy atom. The van der Waals surface area contributed by atoms with Crippen LogP contribution in [0.15, 0.2) is 22.7 Å². The van der Waals surface area contributed by atoms with Crippen LogP contribution in [-0.4, -0.2) is 13.1 Å². The van der Waals surface area contributed by atoms with E-state index < -0.39 is 0 Å². The fourth-order valence-corrected chi connectivity index (χ4v) is 2.13. The maximum Gasteiger partial charge on any atom is 0.0479 e. The summed E-state index contributed by atoms with van der Waals surface area (Å²) in [6, 6.07) is 6.21. The third-order valence-electron chi connectivity index (χ3n) is 2.70. The first-order valence-corrected chi connectivity index (χ1v) is 5.86. The Labute approximate surface area is 93.2 Å². The first-order valence-electron chi connectivity index (χ1n) is 5.07. The highest BCUT2D eigenvalue weighted by molar-refractivity contribution is 9.10. The lowest BCUT2D eigenvalue weighted by molar-refractivity contribution is 0.578. The Morgan fingerprint density at radius 3 is 2.50 bits per heavy atom. The predicted octanol–water partition coefficient (Wildman–Crippen LogP) is 3.02. The number of halogens is 1. The number of rotatable bonds is 1. The molecule has 0 aromatic heterocycles. The number of piperidine rings is 1. The molecule has 2 N–H and O–H groups in total. The third-order valence-corrected chi connectivity index (χ3v) is 3.42. The van der Waals surface area contributed by atoms with Gasteiger partial charge in [0.1, 0.15) is 0 Å². The van der Waals surface area contributed by atoms with Crippen molar-refractivity contribution in [3.05, 3.63) is 22.7 Å². The van der Waals surface area contributed by atoms with Crippen molar-refractivity contribution in [2.24, 2.45) is 0 Å². The molecular weight excluding hydrogens is 240 g/mol. The molecule has 0 radical (unpaired) electrons. The molecule has 76 valence electrons. The Hall–Kier alpha value is -0.700. The first kappa shape index (κ1) is 9.84.